The summed E-state index contributed by atoms with van der Waals surface area (Å²) < 4.78 is 34.3. The molecule has 1 saturated heterocycles. The van der Waals surface area contributed by atoms with Crippen LogP contribution in [0.1, 0.15) is 83.1 Å². The number of benzene rings is 2. The van der Waals surface area contributed by atoms with Gasteiger partial charge in [0.2, 0.25) is 0 Å². The largest absolute Gasteiger partial charge is 0.493 e. The number of ether oxygens (including phenoxy) is 6. The van der Waals surface area contributed by atoms with Gasteiger partial charge in [-0.15, -0.1) is 0 Å². The molecule has 244 valence electrons. The Morgan fingerprint density at radius 3 is 2.02 bits per heavy atom. The number of hydrogen-bond donors (Lipinski definition) is 0. The predicted molar refractivity (Wildman–Crippen MR) is 164 cm³/mol. The van der Waals surface area contributed by atoms with Crippen molar-refractivity contribution in [3.8, 4) is 5.75 Å². The third kappa shape index (κ3) is 8.98. The summed E-state index contributed by atoms with van der Waals surface area (Å²) in [4.78, 5) is 48.1. The van der Waals surface area contributed by atoms with Crippen LogP contribution in [0.25, 0.3) is 0 Å². The van der Waals surface area contributed by atoms with Gasteiger partial charge in [0.25, 0.3) is 0 Å². The second kappa shape index (κ2) is 15.1. The maximum absolute atomic E-state index is 12.2. The van der Waals surface area contributed by atoms with Crippen LogP contribution in [0.3, 0.4) is 0 Å². The lowest BCUT2D eigenvalue weighted by Crippen LogP contribution is -2.59. The second-order valence-electron chi connectivity index (χ2n) is 11.8. The van der Waals surface area contributed by atoms with Crippen LogP contribution in [0.2, 0.25) is 5.02 Å². The Kier molecular flexibility index (Phi) is 11.5. The summed E-state index contributed by atoms with van der Waals surface area (Å²) in [5.74, 6) is -1.81. The van der Waals surface area contributed by atoms with Crippen LogP contribution in [0.4, 0.5) is 0 Å². The average Bonchev–Trinajstić information content (AvgIpc) is 2.95. The molecule has 5 atom stereocenters. The molecule has 0 aromatic heterocycles. The Labute approximate surface area is 268 Å². The second-order valence-corrected chi connectivity index (χ2v) is 12.2. The van der Waals surface area contributed by atoms with Gasteiger partial charge in [0.05, 0.1) is 6.61 Å². The molecule has 1 aliphatic heterocycles. The highest BCUT2D eigenvalue weighted by molar-refractivity contribution is 6.31. The molecule has 0 spiro atoms. The molecule has 0 amide bonds. The minimum atomic E-state index is -1.26. The number of carbonyl (C=O) groups is 4. The minimum Gasteiger partial charge on any atom is -0.493 e. The first kappa shape index (κ1) is 34.2. The van der Waals surface area contributed by atoms with Crippen molar-refractivity contribution in [3.05, 3.63) is 64.2 Å². The van der Waals surface area contributed by atoms with Gasteiger partial charge in [-0.1, -0.05) is 49.2 Å². The smallest absolute Gasteiger partial charge is 0.303 e. The molecule has 2 aliphatic rings. The fourth-order valence-electron chi connectivity index (χ4n) is 5.84. The number of rotatable bonds is 12. The molecule has 11 heteroatoms. The van der Waals surface area contributed by atoms with Gasteiger partial charge in [-0.2, -0.15) is 0 Å². The number of carbonyl (C=O) groups excluding carboxylic acids is 4. The van der Waals surface area contributed by atoms with E-state index in [9.17, 15) is 19.2 Å². The first-order chi connectivity index (χ1) is 21.4. The van der Waals surface area contributed by atoms with E-state index in [4.69, 9.17) is 40.0 Å². The summed E-state index contributed by atoms with van der Waals surface area (Å²) in [6.07, 6.45) is -0.455. The highest BCUT2D eigenvalue weighted by Gasteiger charge is 2.52. The van der Waals surface area contributed by atoms with Crippen molar-refractivity contribution in [2.75, 3.05) is 13.2 Å². The first-order valence-electron chi connectivity index (χ1n) is 15.2. The molecule has 0 bridgehead atoms. The van der Waals surface area contributed by atoms with Gasteiger partial charge >= 0.3 is 23.9 Å². The highest BCUT2D eigenvalue weighted by Crippen LogP contribution is 2.44. The van der Waals surface area contributed by atoms with E-state index >= 15 is 0 Å². The van der Waals surface area contributed by atoms with Crippen LogP contribution in [0.15, 0.2) is 42.5 Å². The van der Waals surface area contributed by atoms with Crippen LogP contribution in [-0.4, -0.2) is 61.5 Å². The maximum atomic E-state index is 12.2. The lowest BCUT2D eigenvalue weighted by molar-refractivity contribution is -0.254. The van der Waals surface area contributed by atoms with Crippen LogP contribution >= 0.6 is 11.6 Å². The molecule has 2 aromatic carbocycles. The molecule has 0 radical (unpaired) electrons. The SMILES string of the molecule is CCC1(COc2ccc(Cc3cc([C@@H]4O[C@H](COC(C)=O)[C@@H](OC(C)=O)[C@H](OC(C)=O)[C@H]4OC(C)=O)ccc3Cl)cc2)CCC1. The van der Waals surface area contributed by atoms with E-state index in [0.29, 0.717) is 29.0 Å². The van der Waals surface area contributed by atoms with Crippen molar-refractivity contribution in [1.82, 2.24) is 0 Å². The summed E-state index contributed by atoms with van der Waals surface area (Å²) in [5.41, 5.74) is 2.63. The van der Waals surface area contributed by atoms with Gasteiger partial charge < -0.3 is 28.4 Å². The number of esters is 4. The quantitative estimate of drug-likeness (QED) is 0.210. The molecule has 2 fully saturated rings. The topological polar surface area (TPSA) is 124 Å². The van der Waals surface area contributed by atoms with Crippen molar-refractivity contribution < 1.29 is 47.6 Å². The summed E-state index contributed by atoms with van der Waals surface area (Å²) >= 11 is 6.63. The molecule has 1 saturated carbocycles. The Morgan fingerprint density at radius 2 is 1.47 bits per heavy atom. The Balaban J connectivity index is 1.61. The molecular formula is C34H41ClO10. The van der Waals surface area contributed by atoms with E-state index in [1.807, 2.05) is 30.3 Å². The normalized spacial score (nSPS) is 23.6. The maximum Gasteiger partial charge on any atom is 0.303 e. The minimum absolute atomic E-state index is 0.293. The molecule has 45 heavy (non-hydrogen) atoms. The predicted octanol–water partition coefficient (Wildman–Crippen LogP) is 5.69. The van der Waals surface area contributed by atoms with Crippen molar-refractivity contribution in [1.29, 1.82) is 0 Å². The van der Waals surface area contributed by atoms with Gasteiger partial charge in [0.15, 0.2) is 18.3 Å². The summed E-state index contributed by atoms with van der Waals surface area (Å²) in [7, 11) is 0. The lowest BCUT2D eigenvalue weighted by atomic mass is 9.68. The van der Waals surface area contributed by atoms with Gasteiger partial charge in [-0.3, -0.25) is 19.2 Å². The fourth-order valence-corrected chi connectivity index (χ4v) is 6.02. The van der Waals surface area contributed by atoms with Crippen LogP contribution in [0.5, 0.6) is 5.75 Å². The van der Waals surface area contributed by atoms with Gasteiger partial charge in [0, 0.05) is 38.1 Å². The summed E-state index contributed by atoms with van der Waals surface area (Å²) in [6, 6.07) is 13.1. The Hall–Kier alpha value is -3.63. The number of halogens is 1. The Bertz CT molecular complexity index is 1360. The van der Waals surface area contributed by atoms with Gasteiger partial charge in [-0.25, -0.2) is 0 Å². The molecule has 2 aromatic rings. The Morgan fingerprint density at radius 1 is 0.844 bits per heavy atom. The molecular weight excluding hydrogens is 604 g/mol. The van der Waals surface area contributed by atoms with E-state index in [0.717, 1.165) is 23.3 Å². The summed E-state index contributed by atoms with van der Waals surface area (Å²) in [6.45, 7) is 7.43. The third-order valence-electron chi connectivity index (χ3n) is 8.42. The number of hydrogen-bond acceptors (Lipinski definition) is 10. The zero-order valence-corrected chi connectivity index (χ0v) is 27.1. The van der Waals surface area contributed by atoms with Crippen LogP contribution in [0, 0.1) is 5.41 Å². The van der Waals surface area contributed by atoms with Crippen molar-refractivity contribution in [3.63, 3.8) is 0 Å². The van der Waals surface area contributed by atoms with E-state index < -0.39 is 54.4 Å². The fraction of sp³-hybridized carbons (Fsp3) is 0.529. The van der Waals surface area contributed by atoms with Crippen LogP contribution < -0.4 is 4.74 Å². The monoisotopic (exact) mass is 644 g/mol. The van der Waals surface area contributed by atoms with E-state index in [-0.39, 0.29) is 6.61 Å². The molecule has 4 rings (SSSR count). The van der Waals surface area contributed by atoms with Crippen molar-refractivity contribution in [2.45, 2.75) is 97.2 Å². The average molecular weight is 645 g/mol. The third-order valence-corrected chi connectivity index (χ3v) is 8.79. The standard InChI is InChI=1S/C34H41ClO10/c1-6-34(14-7-15-34)19-41-27-11-8-24(9-12-27)16-26-17-25(10-13-28(26)35)30-32(43-22(4)38)33(44-23(5)39)31(42-21(3)37)29(45-30)18-40-20(2)36/h8-13,17,29-33H,6-7,14-16,18-19H2,1-5H3/t29-,30+,31-,32+,33+/m1/s1. The first-order valence-corrected chi connectivity index (χ1v) is 15.6. The lowest BCUT2D eigenvalue weighted by Gasteiger charge is -2.44. The zero-order valence-electron chi connectivity index (χ0n) is 26.3. The summed E-state index contributed by atoms with van der Waals surface area (Å²) in [5, 5.41) is 0.514. The van der Waals surface area contributed by atoms with Crippen LogP contribution in [-0.2, 0) is 49.3 Å². The van der Waals surface area contributed by atoms with Gasteiger partial charge in [-0.05, 0) is 60.6 Å². The van der Waals surface area contributed by atoms with E-state index in [2.05, 4.69) is 6.92 Å². The molecule has 1 heterocycles. The zero-order chi connectivity index (χ0) is 32.7. The van der Waals surface area contributed by atoms with E-state index in [1.54, 1.807) is 12.1 Å². The molecule has 1 aliphatic carbocycles. The molecule has 0 unspecified atom stereocenters. The molecule has 0 N–H and O–H groups in total. The van der Waals surface area contributed by atoms with Crippen molar-refractivity contribution in [2.24, 2.45) is 5.41 Å². The van der Waals surface area contributed by atoms with Gasteiger partial charge in [0.1, 0.15) is 24.6 Å². The molecule has 10 nitrogen and oxygen atoms in total. The van der Waals surface area contributed by atoms with E-state index in [1.165, 1.54) is 47.0 Å². The highest BCUT2D eigenvalue weighted by atomic mass is 35.5. The van der Waals surface area contributed by atoms with Crippen molar-refractivity contribution >= 4 is 35.5 Å².